The van der Waals surface area contributed by atoms with E-state index in [0.717, 1.165) is 0 Å². The van der Waals surface area contributed by atoms with E-state index in [1.807, 2.05) is 0 Å². The fourth-order valence-electron chi connectivity index (χ4n) is 10.1. The van der Waals surface area contributed by atoms with Crippen LogP contribution in [-0.4, -0.2) is 31.7 Å². The molecule has 0 bridgehead atoms. The number of halogens is 2. The zero-order valence-electron chi connectivity index (χ0n) is 47.0. The van der Waals surface area contributed by atoms with Gasteiger partial charge in [-0.3, -0.25) is 0 Å². The molecule has 4 heteroatoms. The molecule has 1 aromatic heterocycles. The Kier molecular flexibility index (Phi) is 65.8. The number of pyridine rings is 1. The standard InChI is InChI=1S/C42H88N.C21H38N.BrH.ClH/c1-5-7-9-11-13-15-17-19-21-23-25-27-29-31-33-35-37-39-41-43(3,4)42-40-38-36-34-32-30-28-26-24-22-20-18-16-14-12-10-8-6-2;1-2-3-4-5-6-7-8-9-10-11-12-13-14-16-19-22-20-17-15-18-21-22;;/h5-42H2,1-4H3;15,17-18,20-21H,2-14,16,19H2,1H3;2*1H/q2*+1;;/p-2. The molecule has 1 heterocycles. The Balaban J connectivity index is -0.00000143. The first kappa shape index (κ1) is 71.1. The Morgan fingerprint density at radius 3 is 0.642 bits per heavy atom. The van der Waals surface area contributed by atoms with Crippen LogP contribution in [0, 0.1) is 0 Å². The van der Waals surface area contributed by atoms with Crippen LogP contribution in [0.2, 0.25) is 0 Å². The van der Waals surface area contributed by atoms with Gasteiger partial charge in [-0.25, -0.2) is 4.57 Å². The van der Waals surface area contributed by atoms with Crippen molar-refractivity contribution in [3.8, 4) is 0 Å². The molecular formula is C63H126BrClN2. The Bertz CT molecular complexity index is 930. The molecule has 402 valence electrons. The van der Waals surface area contributed by atoms with Crippen molar-refractivity contribution in [1.82, 2.24) is 0 Å². The summed E-state index contributed by atoms with van der Waals surface area (Å²) in [5.41, 5.74) is 0. The number of hydrogen-bond acceptors (Lipinski definition) is 0. The van der Waals surface area contributed by atoms with Gasteiger partial charge in [-0.05, 0) is 32.1 Å². The lowest BCUT2D eigenvalue weighted by molar-refractivity contribution is -0.890. The second kappa shape index (κ2) is 62.0. The molecule has 0 amide bonds. The van der Waals surface area contributed by atoms with E-state index < -0.39 is 0 Å². The van der Waals surface area contributed by atoms with E-state index in [9.17, 15) is 0 Å². The fourth-order valence-corrected chi connectivity index (χ4v) is 10.1. The first-order valence-electron chi connectivity index (χ1n) is 30.8. The molecule has 0 atom stereocenters. The summed E-state index contributed by atoms with van der Waals surface area (Å²) >= 11 is 0. The van der Waals surface area contributed by atoms with Crippen LogP contribution in [0.3, 0.4) is 0 Å². The summed E-state index contributed by atoms with van der Waals surface area (Å²) in [6.07, 6.45) is 77.3. The molecule has 0 spiro atoms. The summed E-state index contributed by atoms with van der Waals surface area (Å²) in [7, 11) is 4.95. The van der Waals surface area contributed by atoms with Crippen LogP contribution in [0.1, 0.15) is 342 Å². The molecule has 0 aliphatic heterocycles. The van der Waals surface area contributed by atoms with Crippen molar-refractivity contribution in [2.75, 3.05) is 27.2 Å². The van der Waals surface area contributed by atoms with Gasteiger partial charge in [-0.15, -0.1) is 0 Å². The van der Waals surface area contributed by atoms with Gasteiger partial charge in [-0.2, -0.15) is 0 Å². The van der Waals surface area contributed by atoms with Gasteiger partial charge in [0.2, 0.25) is 0 Å². The molecule has 0 saturated heterocycles. The van der Waals surface area contributed by atoms with Crippen molar-refractivity contribution in [3.63, 3.8) is 0 Å². The third-order valence-corrected chi connectivity index (χ3v) is 14.8. The largest absolute Gasteiger partial charge is 1.00 e. The molecular weight excluding hydrogens is 900 g/mol. The molecule has 0 aromatic carbocycles. The summed E-state index contributed by atoms with van der Waals surface area (Å²) in [4.78, 5) is 0. The van der Waals surface area contributed by atoms with Gasteiger partial charge in [0.05, 0.1) is 27.2 Å². The van der Waals surface area contributed by atoms with Crippen molar-refractivity contribution in [1.29, 1.82) is 0 Å². The van der Waals surface area contributed by atoms with Crippen molar-refractivity contribution in [3.05, 3.63) is 30.6 Å². The summed E-state index contributed by atoms with van der Waals surface area (Å²) < 4.78 is 3.54. The fraction of sp³-hybridized carbons (Fsp3) is 0.921. The van der Waals surface area contributed by atoms with Crippen LogP contribution in [0.15, 0.2) is 30.6 Å². The molecule has 0 fully saturated rings. The number of unbranched alkanes of at least 4 members (excludes halogenated alkanes) is 47. The van der Waals surface area contributed by atoms with E-state index in [4.69, 9.17) is 0 Å². The maximum Gasteiger partial charge on any atom is 0.168 e. The molecule has 0 aliphatic carbocycles. The third kappa shape index (κ3) is 61.9. The third-order valence-electron chi connectivity index (χ3n) is 14.8. The van der Waals surface area contributed by atoms with Gasteiger partial charge in [0.15, 0.2) is 12.4 Å². The smallest absolute Gasteiger partial charge is 0.168 e. The molecule has 67 heavy (non-hydrogen) atoms. The highest BCUT2D eigenvalue weighted by molar-refractivity contribution is 4.83. The van der Waals surface area contributed by atoms with Crippen molar-refractivity contribution < 1.29 is 38.4 Å². The van der Waals surface area contributed by atoms with Crippen LogP contribution in [0.25, 0.3) is 0 Å². The number of hydrogen-bond donors (Lipinski definition) is 0. The Morgan fingerprint density at radius 1 is 0.254 bits per heavy atom. The molecule has 0 unspecified atom stereocenters. The van der Waals surface area contributed by atoms with Crippen LogP contribution >= 0.6 is 0 Å². The lowest BCUT2D eigenvalue weighted by atomic mass is 10.0. The predicted molar refractivity (Wildman–Crippen MR) is 296 cm³/mol. The van der Waals surface area contributed by atoms with Gasteiger partial charge in [-0.1, -0.05) is 309 Å². The van der Waals surface area contributed by atoms with E-state index in [2.05, 4.69) is 70.0 Å². The monoisotopic (exact) mass is 1020 g/mol. The van der Waals surface area contributed by atoms with Crippen LogP contribution < -0.4 is 34.0 Å². The van der Waals surface area contributed by atoms with Gasteiger partial charge in [0, 0.05) is 18.6 Å². The summed E-state index contributed by atoms with van der Waals surface area (Å²) in [5.74, 6) is 0. The SMILES string of the molecule is CCCCCCCCCCCCCCCCCCCC[N+](C)(C)CCCCCCCCCCCCCCCCCCCC.CCCCCCCCCCCCCCCC[n+]1ccccc1.[Br-].[Cl-]. The first-order chi connectivity index (χ1) is 32.1. The average Bonchev–Trinajstić information content (AvgIpc) is 3.31. The van der Waals surface area contributed by atoms with Gasteiger partial charge in [0.1, 0.15) is 6.54 Å². The zero-order chi connectivity index (χ0) is 47.1. The van der Waals surface area contributed by atoms with E-state index >= 15 is 0 Å². The van der Waals surface area contributed by atoms with Gasteiger partial charge >= 0.3 is 0 Å². The Hall–Kier alpha value is -0.120. The Morgan fingerprint density at radius 2 is 0.433 bits per heavy atom. The summed E-state index contributed by atoms with van der Waals surface area (Å²) in [5, 5.41) is 0. The second-order valence-electron chi connectivity index (χ2n) is 22.1. The first-order valence-corrected chi connectivity index (χ1v) is 30.8. The lowest BCUT2D eigenvalue weighted by Crippen LogP contribution is -3.00. The highest BCUT2D eigenvalue weighted by atomic mass is 79.9. The van der Waals surface area contributed by atoms with Gasteiger partial charge in [0.25, 0.3) is 0 Å². The highest BCUT2D eigenvalue weighted by Gasteiger charge is 2.13. The molecule has 0 aliphatic rings. The van der Waals surface area contributed by atoms with E-state index in [-0.39, 0.29) is 29.4 Å². The molecule has 0 saturated carbocycles. The second-order valence-corrected chi connectivity index (χ2v) is 22.1. The van der Waals surface area contributed by atoms with Gasteiger partial charge < -0.3 is 33.9 Å². The molecule has 2 nitrogen and oxygen atoms in total. The highest BCUT2D eigenvalue weighted by Crippen LogP contribution is 2.18. The van der Waals surface area contributed by atoms with Crippen LogP contribution in [0.5, 0.6) is 0 Å². The maximum atomic E-state index is 2.47. The van der Waals surface area contributed by atoms with Crippen molar-refractivity contribution in [2.24, 2.45) is 0 Å². The van der Waals surface area contributed by atoms with E-state index in [0.29, 0.717) is 0 Å². The normalized spacial score (nSPS) is 11.3. The van der Waals surface area contributed by atoms with Crippen LogP contribution in [0.4, 0.5) is 0 Å². The summed E-state index contributed by atoms with van der Waals surface area (Å²) in [6, 6.07) is 6.31. The molecule has 0 radical (unpaired) electrons. The molecule has 1 rings (SSSR count). The van der Waals surface area contributed by atoms with E-state index in [1.54, 1.807) is 0 Å². The average molecular weight is 1030 g/mol. The van der Waals surface area contributed by atoms with E-state index in [1.165, 1.54) is 345 Å². The quantitative estimate of drug-likeness (QED) is 0.0348. The minimum atomic E-state index is 0. The molecule has 0 N–H and O–H groups in total. The lowest BCUT2D eigenvalue weighted by Gasteiger charge is -2.30. The number of nitrogens with zero attached hydrogens (tertiary/aromatic N) is 2. The maximum absolute atomic E-state index is 2.47. The number of rotatable bonds is 53. The zero-order valence-corrected chi connectivity index (χ0v) is 49.4. The minimum absolute atomic E-state index is 0. The minimum Gasteiger partial charge on any atom is -1.00 e. The van der Waals surface area contributed by atoms with Crippen molar-refractivity contribution >= 4 is 0 Å². The number of aromatic nitrogens is 1. The number of aryl methyl sites for hydroxylation is 1. The van der Waals surface area contributed by atoms with Crippen molar-refractivity contribution in [2.45, 2.75) is 348 Å². The molecule has 1 aromatic rings. The summed E-state index contributed by atoms with van der Waals surface area (Å²) in [6.45, 7) is 10.9. The predicted octanol–water partition coefficient (Wildman–Crippen LogP) is 15.6. The van der Waals surface area contributed by atoms with Crippen LogP contribution in [-0.2, 0) is 6.54 Å². The number of quaternary nitrogens is 1. The Labute approximate surface area is 442 Å². The topological polar surface area (TPSA) is 3.88 Å².